The summed E-state index contributed by atoms with van der Waals surface area (Å²) in [5.41, 5.74) is 5.22. The molecule has 2 heterocycles. The minimum Gasteiger partial charge on any atom is -0.259 e. The molecule has 0 atom stereocenters. The summed E-state index contributed by atoms with van der Waals surface area (Å²) in [6.45, 7) is 0. The van der Waals surface area contributed by atoms with Gasteiger partial charge < -0.3 is 0 Å². The van der Waals surface area contributed by atoms with E-state index in [1.165, 1.54) is 22.5 Å². The molecule has 0 fully saturated rings. The third-order valence-electron chi connectivity index (χ3n) is 3.01. The van der Waals surface area contributed by atoms with Crippen molar-refractivity contribution in [1.82, 2.24) is 9.97 Å². The first-order chi connectivity index (χ1) is 6.45. The number of rotatable bonds is 0. The van der Waals surface area contributed by atoms with E-state index in [4.69, 9.17) is 0 Å². The number of hydrogen-bond acceptors (Lipinski definition) is 2. The highest BCUT2D eigenvalue weighted by Gasteiger charge is 2.68. The number of fused-ring (bicyclic) bond motifs is 6. The topological polar surface area (TPSA) is 25.8 Å². The molecule has 0 aromatic carbocycles. The van der Waals surface area contributed by atoms with Crippen molar-refractivity contribution in [1.29, 1.82) is 0 Å². The summed E-state index contributed by atoms with van der Waals surface area (Å²) >= 11 is 0. The fourth-order valence-corrected chi connectivity index (χ4v) is 2.34. The van der Waals surface area contributed by atoms with E-state index < -0.39 is 0 Å². The molecule has 0 bridgehead atoms. The first-order valence-electron chi connectivity index (χ1n) is 4.37. The van der Waals surface area contributed by atoms with Crippen LogP contribution in [0.25, 0.3) is 0 Å². The quantitative estimate of drug-likeness (QED) is 0.395. The highest BCUT2D eigenvalue weighted by Crippen LogP contribution is 2.68. The van der Waals surface area contributed by atoms with Gasteiger partial charge in [0.05, 0.1) is 11.4 Å². The van der Waals surface area contributed by atoms with Crippen LogP contribution in [0.5, 0.6) is 0 Å². The number of nitrogens with zero attached hydrogens (tertiary/aromatic N) is 2. The molecule has 1 spiro atoms. The van der Waals surface area contributed by atoms with Crippen molar-refractivity contribution in [2.45, 2.75) is 5.41 Å². The van der Waals surface area contributed by atoms with Gasteiger partial charge in [0.2, 0.25) is 0 Å². The second kappa shape index (κ2) is 1.51. The number of pyridine rings is 2. The molecule has 2 aliphatic rings. The zero-order chi connectivity index (χ0) is 8.47. The van der Waals surface area contributed by atoms with E-state index in [9.17, 15) is 0 Å². The summed E-state index contributed by atoms with van der Waals surface area (Å²) in [5, 5.41) is 0. The van der Waals surface area contributed by atoms with Crippen molar-refractivity contribution in [3.63, 3.8) is 0 Å². The van der Waals surface area contributed by atoms with Gasteiger partial charge in [-0.1, -0.05) is 12.1 Å². The van der Waals surface area contributed by atoms with Crippen LogP contribution >= 0.6 is 0 Å². The molecule has 0 amide bonds. The zero-order valence-electron chi connectivity index (χ0n) is 6.86. The average molecular weight is 166 g/mol. The van der Waals surface area contributed by atoms with Crippen molar-refractivity contribution in [2.75, 3.05) is 0 Å². The van der Waals surface area contributed by atoms with Gasteiger partial charge in [0.25, 0.3) is 0 Å². The van der Waals surface area contributed by atoms with Crippen molar-refractivity contribution in [3.05, 3.63) is 59.2 Å². The maximum atomic E-state index is 4.36. The van der Waals surface area contributed by atoms with Crippen molar-refractivity contribution in [2.24, 2.45) is 0 Å². The molecule has 2 aliphatic carbocycles. The molecule has 0 radical (unpaired) electrons. The first-order valence-corrected chi connectivity index (χ1v) is 4.37. The Morgan fingerprint density at radius 2 is 1.38 bits per heavy atom. The van der Waals surface area contributed by atoms with Crippen LogP contribution in [0.2, 0.25) is 0 Å². The summed E-state index contributed by atoms with van der Waals surface area (Å²) in [7, 11) is 0. The van der Waals surface area contributed by atoms with E-state index in [-0.39, 0.29) is 5.41 Å². The molecule has 13 heavy (non-hydrogen) atoms. The average Bonchev–Trinajstić information content (AvgIpc) is 3.06. The highest BCUT2D eigenvalue weighted by molar-refractivity contribution is 5.83. The predicted octanol–water partition coefficient (Wildman–Crippen LogP) is 1.49. The van der Waals surface area contributed by atoms with Crippen molar-refractivity contribution < 1.29 is 0 Å². The fraction of sp³-hybridized carbons (Fsp3) is 0.0909. The Bertz CT molecular complexity index is 432. The van der Waals surface area contributed by atoms with Crippen LogP contribution in [-0.4, -0.2) is 9.97 Å². The second-order valence-electron chi connectivity index (χ2n) is 3.55. The van der Waals surface area contributed by atoms with E-state index in [1.807, 2.05) is 24.5 Å². The summed E-state index contributed by atoms with van der Waals surface area (Å²) < 4.78 is 0. The summed E-state index contributed by atoms with van der Waals surface area (Å²) in [6, 6.07) is 8.27. The summed E-state index contributed by atoms with van der Waals surface area (Å²) in [4.78, 5) is 8.72. The molecule has 60 valence electrons. The molecule has 0 unspecified atom stereocenters. The van der Waals surface area contributed by atoms with Crippen molar-refractivity contribution >= 4 is 0 Å². The van der Waals surface area contributed by atoms with Gasteiger partial charge in [-0.25, -0.2) is 0 Å². The molecule has 2 heteroatoms. The lowest BCUT2D eigenvalue weighted by Gasteiger charge is -1.77. The van der Waals surface area contributed by atoms with Gasteiger partial charge >= 0.3 is 0 Å². The van der Waals surface area contributed by atoms with Crippen LogP contribution < -0.4 is 0 Å². The van der Waals surface area contributed by atoms with Gasteiger partial charge in [0, 0.05) is 12.4 Å². The van der Waals surface area contributed by atoms with Crippen LogP contribution in [-0.2, 0) is 5.41 Å². The van der Waals surface area contributed by atoms with Crippen molar-refractivity contribution in [3.8, 4) is 0 Å². The van der Waals surface area contributed by atoms with Gasteiger partial charge in [0.1, 0.15) is 5.41 Å². The molecule has 2 aromatic rings. The van der Waals surface area contributed by atoms with Crippen LogP contribution in [0.3, 0.4) is 0 Å². The molecule has 2 aromatic heterocycles. The molecule has 0 saturated carbocycles. The second-order valence-corrected chi connectivity index (χ2v) is 3.55. The fourth-order valence-electron chi connectivity index (χ4n) is 2.34. The smallest absolute Gasteiger partial charge is 0.109 e. The predicted molar refractivity (Wildman–Crippen MR) is 47.5 cm³/mol. The molecule has 0 N–H and O–H groups in total. The lowest BCUT2D eigenvalue weighted by atomic mass is 10.2. The van der Waals surface area contributed by atoms with Crippen LogP contribution in [0.15, 0.2) is 36.7 Å². The molecule has 2 nitrogen and oxygen atoms in total. The van der Waals surface area contributed by atoms with Crippen LogP contribution in [0.4, 0.5) is 0 Å². The Kier molecular flexibility index (Phi) is 0.680. The molecular formula is C11H6N2. The highest BCUT2D eigenvalue weighted by atomic mass is 14.9. The summed E-state index contributed by atoms with van der Waals surface area (Å²) in [6.07, 6.45) is 3.71. The van der Waals surface area contributed by atoms with E-state index in [0.717, 1.165) is 0 Å². The van der Waals surface area contributed by atoms with Gasteiger partial charge in [-0.2, -0.15) is 0 Å². The third-order valence-corrected chi connectivity index (χ3v) is 3.01. The standard InChI is InChI=1S/C11H6N2/c1-3-7-9(12-5-1)11(7)8-4-2-6-13-10(8)11/h1-6H. The zero-order valence-corrected chi connectivity index (χ0v) is 6.86. The number of aromatic nitrogens is 2. The van der Waals surface area contributed by atoms with E-state index >= 15 is 0 Å². The number of hydrogen-bond donors (Lipinski definition) is 0. The van der Waals surface area contributed by atoms with E-state index in [1.54, 1.807) is 0 Å². The molecule has 4 rings (SSSR count). The van der Waals surface area contributed by atoms with Gasteiger partial charge in [-0.15, -0.1) is 0 Å². The van der Waals surface area contributed by atoms with Gasteiger partial charge in [-0.3, -0.25) is 9.97 Å². The Morgan fingerprint density at radius 1 is 0.846 bits per heavy atom. The Balaban J connectivity index is 2.01. The molecule has 0 aliphatic heterocycles. The van der Waals surface area contributed by atoms with E-state index in [0.29, 0.717) is 0 Å². The normalized spacial score (nSPS) is 17.8. The SMILES string of the molecule is c1cnc2c(c1)C21c2cccnc21. The van der Waals surface area contributed by atoms with Crippen LogP contribution in [0, 0.1) is 0 Å². The van der Waals surface area contributed by atoms with Gasteiger partial charge in [-0.05, 0) is 23.3 Å². The third kappa shape index (κ3) is 0.437. The Labute approximate surface area is 75.3 Å². The lowest BCUT2D eigenvalue weighted by molar-refractivity contribution is 1.07. The Hall–Kier alpha value is -1.70. The first kappa shape index (κ1) is 5.86. The summed E-state index contributed by atoms with van der Waals surface area (Å²) in [5.74, 6) is 0. The lowest BCUT2D eigenvalue weighted by Crippen LogP contribution is -1.83. The Morgan fingerprint density at radius 3 is 1.77 bits per heavy atom. The van der Waals surface area contributed by atoms with E-state index in [2.05, 4.69) is 22.1 Å². The molecular weight excluding hydrogens is 160 g/mol. The maximum absolute atomic E-state index is 4.36. The maximum Gasteiger partial charge on any atom is 0.109 e. The largest absolute Gasteiger partial charge is 0.259 e. The molecule has 0 saturated heterocycles. The van der Waals surface area contributed by atoms with Crippen LogP contribution in [0.1, 0.15) is 22.5 Å². The minimum absolute atomic E-state index is 0.0903. The monoisotopic (exact) mass is 166 g/mol. The minimum atomic E-state index is 0.0903. The van der Waals surface area contributed by atoms with Gasteiger partial charge in [0.15, 0.2) is 0 Å².